The highest BCUT2D eigenvalue weighted by atomic mass is 19.1. The van der Waals surface area contributed by atoms with Crippen LogP contribution in [0.4, 0.5) is 10.1 Å². The second-order valence-electron chi connectivity index (χ2n) is 6.77. The smallest absolute Gasteiger partial charge is 0.146 e. The highest BCUT2D eigenvalue weighted by Crippen LogP contribution is 2.19. The van der Waals surface area contributed by atoms with E-state index in [1.54, 1.807) is 12.1 Å². The zero-order valence-corrected chi connectivity index (χ0v) is 14.2. The van der Waals surface area contributed by atoms with Gasteiger partial charge in [0.2, 0.25) is 0 Å². The largest absolute Gasteiger partial charge is 0.390 e. The second kappa shape index (κ2) is 8.76. The summed E-state index contributed by atoms with van der Waals surface area (Å²) < 4.78 is 19.0. The average molecular weight is 337 g/mol. The van der Waals surface area contributed by atoms with E-state index in [4.69, 9.17) is 4.74 Å². The molecule has 0 amide bonds. The Bertz CT molecular complexity index is 503. The lowest BCUT2D eigenvalue weighted by molar-refractivity contribution is 0.00531. The van der Waals surface area contributed by atoms with Crippen LogP contribution in [-0.2, 0) is 4.74 Å². The van der Waals surface area contributed by atoms with Gasteiger partial charge in [-0.25, -0.2) is 4.39 Å². The number of nitrogens with zero attached hydrogens (tertiary/aromatic N) is 2. The van der Waals surface area contributed by atoms with Crippen LogP contribution in [0.25, 0.3) is 0 Å². The number of para-hydroxylation sites is 1. The number of hydrogen-bond acceptors (Lipinski definition) is 5. The summed E-state index contributed by atoms with van der Waals surface area (Å²) in [5, 5.41) is 13.6. The maximum absolute atomic E-state index is 13.7. The Hall–Kier alpha value is -1.21. The average Bonchev–Trinajstić information content (AvgIpc) is 2.59. The third-order valence-corrected chi connectivity index (χ3v) is 4.86. The van der Waals surface area contributed by atoms with Crippen LogP contribution in [-0.4, -0.2) is 79.5 Å². The molecule has 134 valence electrons. The molecule has 0 spiro atoms. The van der Waals surface area contributed by atoms with Gasteiger partial charge in [0, 0.05) is 45.3 Å². The zero-order chi connectivity index (χ0) is 16.8. The highest BCUT2D eigenvalue weighted by Gasteiger charge is 2.23. The molecule has 6 heteroatoms. The number of hydrogen-bond donors (Lipinski definition) is 2. The molecule has 0 bridgehead atoms. The number of morpholine rings is 1. The Morgan fingerprint density at radius 2 is 1.71 bits per heavy atom. The number of anilines is 1. The van der Waals surface area contributed by atoms with Gasteiger partial charge in [0.25, 0.3) is 0 Å². The van der Waals surface area contributed by atoms with E-state index in [-0.39, 0.29) is 11.9 Å². The van der Waals surface area contributed by atoms with Crippen molar-refractivity contribution < 1.29 is 14.2 Å². The van der Waals surface area contributed by atoms with Crippen LogP contribution in [0.3, 0.4) is 0 Å². The van der Waals surface area contributed by atoms with Gasteiger partial charge >= 0.3 is 0 Å². The van der Waals surface area contributed by atoms with Gasteiger partial charge in [-0.2, -0.15) is 0 Å². The maximum atomic E-state index is 13.7. The van der Waals surface area contributed by atoms with Crippen molar-refractivity contribution in [2.75, 3.05) is 57.8 Å². The Morgan fingerprint density at radius 1 is 1.08 bits per heavy atom. The Morgan fingerprint density at radius 3 is 2.38 bits per heavy atom. The minimum Gasteiger partial charge on any atom is -0.390 e. The quantitative estimate of drug-likeness (QED) is 0.822. The second-order valence-corrected chi connectivity index (χ2v) is 6.77. The van der Waals surface area contributed by atoms with Crippen molar-refractivity contribution in [2.24, 2.45) is 0 Å². The summed E-state index contributed by atoms with van der Waals surface area (Å²) >= 11 is 0. The number of aliphatic hydroxyl groups is 1. The summed E-state index contributed by atoms with van der Waals surface area (Å²) in [6, 6.07) is 7.13. The van der Waals surface area contributed by atoms with Crippen LogP contribution in [0.15, 0.2) is 24.3 Å². The molecule has 0 radical (unpaired) electrons. The lowest BCUT2D eigenvalue weighted by Crippen LogP contribution is -2.47. The van der Waals surface area contributed by atoms with Crippen LogP contribution in [0, 0.1) is 5.82 Å². The van der Waals surface area contributed by atoms with E-state index >= 15 is 0 Å². The lowest BCUT2D eigenvalue weighted by Gasteiger charge is -2.35. The highest BCUT2D eigenvalue weighted by molar-refractivity contribution is 5.45. The Labute approximate surface area is 143 Å². The van der Waals surface area contributed by atoms with Crippen molar-refractivity contribution in [2.45, 2.75) is 25.0 Å². The number of β-amino-alcohol motifs (C(OH)–C–C–N with tert-alkyl or cyclic N) is 1. The Balaban J connectivity index is 1.38. The SMILES string of the molecule is O[C@@H](CN1CCOCC1)CN1CCC(Nc2ccccc2F)CC1. The third-order valence-electron chi connectivity index (χ3n) is 4.86. The van der Waals surface area contributed by atoms with E-state index in [1.807, 2.05) is 6.07 Å². The standard InChI is InChI=1S/C18H28FN3O2/c19-17-3-1-2-4-18(17)20-15-5-7-21(8-6-15)13-16(23)14-22-9-11-24-12-10-22/h1-4,15-16,20,23H,5-14H2/t16-/m1/s1. The van der Waals surface area contributed by atoms with E-state index in [9.17, 15) is 9.50 Å². The summed E-state index contributed by atoms with van der Waals surface area (Å²) in [4.78, 5) is 4.57. The fourth-order valence-corrected chi connectivity index (χ4v) is 3.50. The van der Waals surface area contributed by atoms with Gasteiger partial charge in [0.05, 0.1) is 25.0 Å². The van der Waals surface area contributed by atoms with Crippen LogP contribution in [0.5, 0.6) is 0 Å². The molecule has 1 atom stereocenters. The van der Waals surface area contributed by atoms with Crippen molar-refractivity contribution in [1.82, 2.24) is 9.80 Å². The van der Waals surface area contributed by atoms with Crippen molar-refractivity contribution in [3.8, 4) is 0 Å². The molecule has 2 heterocycles. The normalized spacial score (nSPS) is 22.4. The number of likely N-dealkylation sites (tertiary alicyclic amines) is 1. The van der Waals surface area contributed by atoms with Crippen molar-refractivity contribution >= 4 is 5.69 Å². The number of ether oxygens (including phenoxy) is 1. The molecule has 2 aliphatic rings. The summed E-state index contributed by atoms with van der Waals surface area (Å²) in [7, 11) is 0. The minimum absolute atomic E-state index is 0.194. The molecule has 2 saturated heterocycles. The van der Waals surface area contributed by atoms with Gasteiger partial charge in [0.1, 0.15) is 5.82 Å². The molecule has 1 aromatic rings. The number of rotatable bonds is 6. The molecular formula is C18H28FN3O2. The first-order chi connectivity index (χ1) is 11.7. The first-order valence-electron chi connectivity index (χ1n) is 8.92. The molecule has 24 heavy (non-hydrogen) atoms. The summed E-state index contributed by atoms with van der Waals surface area (Å²) in [6.45, 7) is 6.65. The van der Waals surface area contributed by atoms with E-state index < -0.39 is 0 Å². The van der Waals surface area contributed by atoms with Crippen LogP contribution >= 0.6 is 0 Å². The molecule has 2 N–H and O–H groups in total. The van der Waals surface area contributed by atoms with Gasteiger partial charge in [-0.1, -0.05) is 12.1 Å². The maximum Gasteiger partial charge on any atom is 0.146 e. The fourth-order valence-electron chi connectivity index (χ4n) is 3.50. The van der Waals surface area contributed by atoms with E-state index in [1.165, 1.54) is 6.07 Å². The molecule has 0 aliphatic carbocycles. The number of nitrogens with one attached hydrogen (secondary N) is 1. The lowest BCUT2D eigenvalue weighted by atomic mass is 10.0. The molecule has 2 aliphatic heterocycles. The van der Waals surface area contributed by atoms with Crippen LogP contribution in [0.2, 0.25) is 0 Å². The third kappa shape index (κ3) is 5.14. The van der Waals surface area contributed by atoms with Gasteiger partial charge in [-0.3, -0.25) is 4.90 Å². The Kier molecular flexibility index (Phi) is 6.43. The van der Waals surface area contributed by atoms with Gasteiger partial charge in [-0.05, 0) is 25.0 Å². The van der Waals surface area contributed by atoms with Crippen molar-refractivity contribution in [3.05, 3.63) is 30.1 Å². The number of aliphatic hydroxyl groups excluding tert-OH is 1. The summed E-state index contributed by atoms with van der Waals surface area (Å²) in [5.74, 6) is -0.194. The first kappa shape index (κ1) is 17.6. The molecule has 2 fully saturated rings. The molecular weight excluding hydrogens is 309 g/mol. The monoisotopic (exact) mass is 337 g/mol. The molecule has 0 aromatic heterocycles. The van der Waals surface area contributed by atoms with Gasteiger partial charge in [-0.15, -0.1) is 0 Å². The number of halogens is 1. The topological polar surface area (TPSA) is 48.0 Å². The molecule has 3 rings (SSSR count). The van der Waals surface area contributed by atoms with Crippen molar-refractivity contribution in [3.63, 3.8) is 0 Å². The van der Waals surface area contributed by atoms with E-state index in [0.29, 0.717) is 18.3 Å². The van der Waals surface area contributed by atoms with E-state index in [0.717, 1.165) is 58.8 Å². The number of piperidine rings is 1. The van der Waals surface area contributed by atoms with Gasteiger partial charge < -0.3 is 20.1 Å². The zero-order valence-electron chi connectivity index (χ0n) is 14.2. The van der Waals surface area contributed by atoms with Gasteiger partial charge in [0.15, 0.2) is 0 Å². The molecule has 5 nitrogen and oxygen atoms in total. The van der Waals surface area contributed by atoms with E-state index in [2.05, 4.69) is 15.1 Å². The molecule has 0 saturated carbocycles. The van der Waals surface area contributed by atoms with Crippen molar-refractivity contribution in [1.29, 1.82) is 0 Å². The van der Waals surface area contributed by atoms with Crippen LogP contribution in [0.1, 0.15) is 12.8 Å². The fraction of sp³-hybridized carbons (Fsp3) is 0.667. The molecule has 1 aromatic carbocycles. The predicted octanol–water partition coefficient (Wildman–Crippen LogP) is 1.40. The summed E-state index contributed by atoms with van der Waals surface area (Å²) in [6.07, 6.45) is 1.62. The molecule has 0 unspecified atom stereocenters. The predicted molar refractivity (Wildman–Crippen MR) is 92.8 cm³/mol. The van der Waals surface area contributed by atoms with Crippen LogP contribution < -0.4 is 5.32 Å². The summed E-state index contributed by atoms with van der Waals surface area (Å²) in [5.41, 5.74) is 0.586. The first-order valence-corrected chi connectivity index (χ1v) is 8.92. The number of benzene rings is 1. The minimum atomic E-state index is -0.320.